The average Bonchev–Trinajstić information content (AvgIpc) is 3.06. The summed E-state index contributed by atoms with van der Waals surface area (Å²) in [6.07, 6.45) is -0.210. The summed E-state index contributed by atoms with van der Waals surface area (Å²) in [5.41, 5.74) is 1.60. The van der Waals surface area contributed by atoms with E-state index in [9.17, 15) is 22.8 Å². The Morgan fingerprint density at radius 1 is 1.12 bits per heavy atom. The number of amides is 3. The number of para-hydroxylation sites is 1. The summed E-state index contributed by atoms with van der Waals surface area (Å²) in [5, 5.41) is 11.9. The van der Waals surface area contributed by atoms with Gasteiger partial charge < -0.3 is 15.5 Å². The number of H-pyrrole nitrogens is 1. The van der Waals surface area contributed by atoms with Gasteiger partial charge in [-0.3, -0.25) is 19.5 Å². The Balaban J connectivity index is 1.39. The van der Waals surface area contributed by atoms with Crippen molar-refractivity contribution in [2.75, 3.05) is 31.5 Å². The van der Waals surface area contributed by atoms with Crippen LogP contribution in [0.3, 0.4) is 0 Å². The summed E-state index contributed by atoms with van der Waals surface area (Å²) in [5.74, 6) is -1.23. The molecule has 0 bridgehead atoms. The number of rotatable bonds is 4. The molecule has 11 nitrogen and oxygen atoms in total. The van der Waals surface area contributed by atoms with E-state index in [1.807, 2.05) is 0 Å². The molecule has 0 spiro atoms. The van der Waals surface area contributed by atoms with Crippen LogP contribution in [-0.4, -0.2) is 77.8 Å². The normalized spacial score (nSPS) is 19.7. The minimum absolute atomic E-state index is 0.132. The lowest BCUT2D eigenvalue weighted by Crippen LogP contribution is -2.52. The number of anilines is 1. The van der Waals surface area contributed by atoms with Crippen LogP contribution < -0.4 is 10.6 Å². The first kappa shape index (κ1) is 22.0. The first-order chi connectivity index (χ1) is 15.2. The van der Waals surface area contributed by atoms with E-state index in [1.54, 1.807) is 38.1 Å². The molecular weight excluding hydrogens is 436 g/mol. The molecule has 4 rings (SSSR count). The molecule has 0 radical (unpaired) electrons. The first-order valence-electron chi connectivity index (χ1n) is 10.2. The van der Waals surface area contributed by atoms with Gasteiger partial charge in [0.25, 0.3) is 5.91 Å². The second-order valence-electron chi connectivity index (χ2n) is 7.81. The van der Waals surface area contributed by atoms with E-state index in [1.165, 1.54) is 9.21 Å². The third-order valence-corrected chi connectivity index (χ3v) is 7.84. The van der Waals surface area contributed by atoms with E-state index in [0.717, 1.165) is 0 Å². The van der Waals surface area contributed by atoms with Crippen LogP contribution in [0.1, 0.15) is 28.2 Å². The molecule has 1 aromatic heterocycles. The lowest BCUT2D eigenvalue weighted by atomic mass is 10.1. The second-order valence-corrected chi connectivity index (χ2v) is 9.69. The van der Waals surface area contributed by atoms with Crippen molar-refractivity contribution < 1.29 is 22.8 Å². The summed E-state index contributed by atoms with van der Waals surface area (Å²) in [6, 6.07) is 5.60. The van der Waals surface area contributed by atoms with Gasteiger partial charge in [0.05, 0.1) is 29.1 Å². The topological polar surface area (TPSA) is 145 Å². The summed E-state index contributed by atoms with van der Waals surface area (Å²) < 4.78 is 27.3. The van der Waals surface area contributed by atoms with Crippen molar-refractivity contribution in [3.63, 3.8) is 0 Å². The van der Waals surface area contributed by atoms with Crippen molar-refractivity contribution in [1.29, 1.82) is 0 Å². The molecule has 3 amide bonds. The van der Waals surface area contributed by atoms with Crippen LogP contribution in [0.4, 0.5) is 5.69 Å². The molecule has 1 atom stereocenters. The maximum absolute atomic E-state index is 13.0. The summed E-state index contributed by atoms with van der Waals surface area (Å²) in [6.45, 7) is 3.92. The monoisotopic (exact) mass is 460 g/mol. The number of hydrogen-bond donors (Lipinski definition) is 3. The van der Waals surface area contributed by atoms with Gasteiger partial charge in [-0.25, -0.2) is 8.42 Å². The van der Waals surface area contributed by atoms with Crippen LogP contribution in [0, 0.1) is 13.8 Å². The molecule has 3 heterocycles. The molecule has 0 unspecified atom stereocenters. The number of carbonyl (C=O) groups excluding carboxylic acids is 3. The molecule has 0 saturated carbocycles. The SMILES string of the molecule is Cc1n[nH]c(C)c1S(=O)(=O)N1CCN(C(=O)C[C@@H]2NC(=O)c3ccccc3NC2=O)CC1. The molecular formula is C20H24N6O5S. The van der Waals surface area contributed by atoms with Crippen molar-refractivity contribution in [2.24, 2.45) is 0 Å². The van der Waals surface area contributed by atoms with E-state index < -0.39 is 27.9 Å². The summed E-state index contributed by atoms with van der Waals surface area (Å²) >= 11 is 0. The average molecular weight is 461 g/mol. The standard InChI is InChI=1S/C20H24N6O5S/c1-12-18(13(2)24-23-12)32(30,31)26-9-7-25(8-10-26)17(27)11-16-20(29)21-15-6-4-3-5-14(15)19(28)22-16/h3-6,16H,7-11H2,1-2H3,(H,21,29)(H,22,28)(H,23,24)/t16-/m0/s1. The number of carbonyl (C=O) groups is 3. The first-order valence-corrected chi connectivity index (χ1v) is 11.6. The Morgan fingerprint density at radius 3 is 2.47 bits per heavy atom. The Morgan fingerprint density at radius 2 is 1.81 bits per heavy atom. The molecule has 0 aliphatic carbocycles. The number of nitrogens with one attached hydrogen (secondary N) is 3. The quantitative estimate of drug-likeness (QED) is 0.586. The van der Waals surface area contributed by atoms with Gasteiger partial charge in [0, 0.05) is 26.2 Å². The number of fused-ring (bicyclic) bond motifs is 1. The summed E-state index contributed by atoms with van der Waals surface area (Å²) in [4.78, 5) is 39.4. The van der Waals surface area contributed by atoms with Gasteiger partial charge in [-0.15, -0.1) is 0 Å². The maximum Gasteiger partial charge on any atom is 0.254 e. The Bertz CT molecular complexity index is 1160. The van der Waals surface area contributed by atoms with Crippen LogP contribution >= 0.6 is 0 Å². The van der Waals surface area contributed by atoms with Gasteiger partial charge in [0.1, 0.15) is 10.9 Å². The highest BCUT2D eigenvalue weighted by atomic mass is 32.2. The van der Waals surface area contributed by atoms with Crippen molar-refractivity contribution in [1.82, 2.24) is 24.7 Å². The molecule has 170 valence electrons. The number of nitrogens with zero attached hydrogens (tertiary/aromatic N) is 3. The molecule has 2 aliphatic heterocycles. The zero-order valence-corrected chi connectivity index (χ0v) is 18.5. The van der Waals surface area contributed by atoms with Crippen LogP contribution in [0.2, 0.25) is 0 Å². The van der Waals surface area contributed by atoms with Crippen LogP contribution in [0.5, 0.6) is 0 Å². The lowest BCUT2D eigenvalue weighted by Gasteiger charge is -2.34. The Hall–Kier alpha value is -3.25. The second kappa shape index (κ2) is 8.36. The van der Waals surface area contributed by atoms with Gasteiger partial charge in [0.15, 0.2) is 0 Å². The number of aromatic nitrogens is 2. The van der Waals surface area contributed by atoms with Crippen LogP contribution in [-0.2, 0) is 19.6 Å². The minimum Gasteiger partial charge on any atom is -0.340 e. The van der Waals surface area contributed by atoms with Gasteiger partial charge in [0.2, 0.25) is 21.8 Å². The van der Waals surface area contributed by atoms with Crippen molar-refractivity contribution >= 4 is 33.4 Å². The van der Waals surface area contributed by atoms with Gasteiger partial charge in [-0.2, -0.15) is 9.40 Å². The maximum atomic E-state index is 13.0. The van der Waals surface area contributed by atoms with Crippen LogP contribution in [0.25, 0.3) is 0 Å². The zero-order valence-electron chi connectivity index (χ0n) is 17.7. The molecule has 32 heavy (non-hydrogen) atoms. The van der Waals surface area contributed by atoms with E-state index in [2.05, 4.69) is 20.8 Å². The molecule has 2 aliphatic rings. The van der Waals surface area contributed by atoms with Crippen molar-refractivity contribution in [2.45, 2.75) is 31.2 Å². The van der Waals surface area contributed by atoms with Crippen molar-refractivity contribution in [3.05, 3.63) is 41.2 Å². The predicted molar refractivity (Wildman–Crippen MR) is 114 cm³/mol. The predicted octanol–water partition coefficient (Wildman–Crippen LogP) is 0.000240. The van der Waals surface area contributed by atoms with E-state index in [4.69, 9.17) is 0 Å². The fourth-order valence-electron chi connectivity index (χ4n) is 3.99. The van der Waals surface area contributed by atoms with Crippen molar-refractivity contribution in [3.8, 4) is 0 Å². The largest absolute Gasteiger partial charge is 0.340 e. The third kappa shape index (κ3) is 3.98. The fraction of sp³-hybridized carbons (Fsp3) is 0.400. The number of aryl methyl sites for hydroxylation is 2. The highest BCUT2D eigenvalue weighted by molar-refractivity contribution is 7.89. The molecule has 12 heteroatoms. The van der Waals surface area contributed by atoms with Gasteiger partial charge in [-0.1, -0.05) is 12.1 Å². The highest BCUT2D eigenvalue weighted by Gasteiger charge is 2.35. The fourth-order valence-corrected chi connectivity index (χ4v) is 5.74. The van der Waals surface area contributed by atoms with Gasteiger partial charge in [-0.05, 0) is 26.0 Å². The number of benzene rings is 1. The number of hydrogen-bond acceptors (Lipinski definition) is 6. The zero-order chi connectivity index (χ0) is 23.0. The molecule has 2 aromatic rings. The molecule has 1 fully saturated rings. The Kier molecular flexibility index (Phi) is 5.73. The van der Waals surface area contributed by atoms with Gasteiger partial charge >= 0.3 is 0 Å². The highest BCUT2D eigenvalue weighted by Crippen LogP contribution is 2.23. The minimum atomic E-state index is -3.73. The molecule has 3 N–H and O–H groups in total. The number of sulfonamides is 1. The Labute approximate surface area is 185 Å². The van der Waals surface area contributed by atoms with E-state index >= 15 is 0 Å². The van der Waals surface area contributed by atoms with E-state index in [0.29, 0.717) is 22.6 Å². The number of piperazine rings is 1. The smallest absolute Gasteiger partial charge is 0.254 e. The van der Waals surface area contributed by atoms with E-state index in [-0.39, 0.29) is 43.4 Å². The lowest BCUT2D eigenvalue weighted by molar-refractivity contribution is -0.134. The summed E-state index contributed by atoms with van der Waals surface area (Å²) in [7, 11) is -3.73. The molecule has 1 aromatic carbocycles. The number of aromatic amines is 1. The molecule has 1 saturated heterocycles. The third-order valence-electron chi connectivity index (χ3n) is 5.68. The van der Waals surface area contributed by atoms with Crippen LogP contribution in [0.15, 0.2) is 29.2 Å².